The zero-order chi connectivity index (χ0) is 27.4. The van der Waals surface area contributed by atoms with Crippen LogP contribution in [0.2, 0.25) is 0 Å². The Morgan fingerprint density at radius 3 is 1.93 bits per heavy atom. The fourth-order valence-corrected chi connectivity index (χ4v) is 6.96. The molecule has 1 saturated heterocycles. The molecule has 0 N–H and O–H groups in total. The Hall–Kier alpha value is -2.13. The fourth-order valence-electron chi connectivity index (χ4n) is 4.03. The molecular weight excluding hydrogens is 589 g/mol. The third-order valence-electron chi connectivity index (χ3n) is 5.95. The SMILES string of the molecule is O=C(OCCOCCOCCOC1OC(c2cccs2)N1Cc1cccs1)N(Cc1cccs1)Cc1cccs1. The lowest BCUT2D eigenvalue weighted by Crippen LogP contribution is -2.53. The average Bonchev–Trinajstić information content (AvgIpc) is 3.78. The Bertz CT molecular complexity index is 1180. The van der Waals surface area contributed by atoms with Crippen molar-refractivity contribution in [3.05, 3.63) is 89.6 Å². The molecule has 0 saturated carbocycles. The van der Waals surface area contributed by atoms with E-state index in [9.17, 15) is 4.79 Å². The number of amides is 1. The highest BCUT2D eigenvalue weighted by atomic mass is 32.1. The van der Waals surface area contributed by atoms with Gasteiger partial charge < -0.3 is 23.7 Å². The van der Waals surface area contributed by atoms with E-state index in [1.165, 1.54) is 9.75 Å². The first-order valence-electron chi connectivity index (χ1n) is 13.0. The Morgan fingerprint density at radius 1 is 0.750 bits per heavy atom. The number of nitrogens with zero attached hydrogens (tertiary/aromatic N) is 2. The first-order chi connectivity index (χ1) is 19.8. The van der Waals surface area contributed by atoms with Gasteiger partial charge in [0.15, 0.2) is 6.23 Å². The standard InChI is InChI=1S/C28H32N2O6S4/c31-27(29(19-22-5-1-15-37-22)20-23-6-2-16-38-23)34-13-11-32-9-10-33-12-14-35-28-30(21-24-7-3-17-39-24)26(36-28)25-8-4-18-40-25/h1-8,15-18,26,28H,9-14,19-21H2. The molecule has 8 nitrogen and oxygen atoms in total. The minimum atomic E-state index is -0.386. The molecule has 1 fully saturated rings. The van der Waals surface area contributed by atoms with Gasteiger partial charge in [0.05, 0.1) is 46.1 Å². The predicted octanol–water partition coefficient (Wildman–Crippen LogP) is 6.64. The number of thiophene rings is 4. The number of rotatable bonds is 17. The van der Waals surface area contributed by atoms with Gasteiger partial charge >= 0.3 is 6.09 Å². The molecule has 0 spiro atoms. The Morgan fingerprint density at radius 2 is 1.32 bits per heavy atom. The molecular formula is C28H32N2O6S4. The highest BCUT2D eigenvalue weighted by Crippen LogP contribution is 2.39. The predicted molar refractivity (Wildman–Crippen MR) is 159 cm³/mol. The minimum absolute atomic E-state index is 0.0750. The molecule has 40 heavy (non-hydrogen) atoms. The molecule has 0 aromatic carbocycles. The maximum absolute atomic E-state index is 12.7. The second kappa shape index (κ2) is 15.8. The van der Waals surface area contributed by atoms with Crippen LogP contribution in [0.25, 0.3) is 0 Å². The third-order valence-corrected chi connectivity index (χ3v) is 9.43. The smallest absolute Gasteiger partial charge is 0.410 e. The fraction of sp³-hybridized carbons (Fsp3) is 0.393. The van der Waals surface area contributed by atoms with Gasteiger partial charge in [0, 0.05) is 26.1 Å². The quantitative estimate of drug-likeness (QED) is 0.123. The second-order valence-electron chi connectivity index (χ2n) is 8.79. The van der Waals surface area contributed by atoms with Gasteiger partial charge in [-0.2, -0.15) is 0 Å². The van der Waals surface area contributed by atoms with E-state index in [1.54, 1.807) is 50.2 Å². The lowest BCUT2D eigenvalue weighted by atomic mass is 10.3. The Labute approximate surface area is 250 Å². The number of hydrogen-bond donors (Lipinski definition) is 0. The van der Waals surface area contributed by atoms with E-state index >= 15 is 0 Å². The van der Waals surface area contributed by atoms with Crippen LogP contribution < -0.4 is 0 Å². The molecule has 4 aromatic heterocycles. The minimum Gasteiger partial charge on any atom is -0.447 e. The zero-order valence-corrected chi connectivity index (χ0v) is 25.2. The van der Waals surface area contributed by atoms with Crippen molar-refractivity contribution < 1.29 is 28.5 Å². The van der Waals surface area contributed by atoms with Gasteiger partial charge in [-0.15, -0.1) is 45.3 Å². The summed E-state index contributed by atoms with van der Waals surface area (Å²) in [4.78, 5) is 21.3. The van der Waals surface area contributed by atoms with Crippen molar-refractivity contribution in [2.24, 2.45) is 0 Å². The number of carbonyl (C=O) groups excluding carboxylic acids is 1. The Kier molecular flexibility index (Phi) is 11.6. The number of ether oxygens (including phenoxy) is 5. The van der Waals surface area contributed by atoms with Crippen LogP contribution in [0.15, 0.2) is 70.1 Å². The van der Waals surface area contributed by atoms with Crippen LogP contribution in [-0.2, 0) is 43.3 Å². The van der Waals surface area contributed by atoms with E-state index < -0.39 is 0 Å². The normalized spacial score (nSPS) is 17.1. The van der Waals surface area contributed by atoms with Crippen molar-refractivity contribution in [1.82, 2.24) is 9.80 Å². The molecule has 5 heterocycles. The summed E-state index contributed by atoms with van der Waals surface area (Å²) < 4.78 is 28.6. The van der Waals surface area contributed by atoms with Crippen LogP contribution in [0.4, 0.5) is 4.79 Å². The van der Waals surface area contributed by atoms with Crippen LogP contribution in [-0.4, -0.2) is 61.9 Å². The first kappa shape index (κ1) is 29.4. The van der Waals surface area contributed by atoms with Crippen LogP contribution >= 0.6 is 45.3 Å². The highest BCUT2D eigenvalue weighted by Gasteiger charge is 2.42. The molecule has 1 amide bonds. The van der Waals surface area contributed by atoms with Crippen molar-refractivity contribution in [2.45, 2.75) is 32.3 Å². The molecule has 12 heteroatoms. The highest BCUT2D eigenvalue weighted by molar-refractivity contribution is 7.10. The topological polar surface area (TPSA) is 69.7 Å². The van der Waals surface area contributed by atoms with Gasteiger partial charge in [-0.25, -0.2) is 9.69 Å². The summed E-state index contributed by atoms with van der Waals surface area (Å²) in [6.07, 6.45) is -0.802. The summed E-state index contributed by atoms with van der Waals surface area (Å²) in [6, 6.07) is 16.3. The van der Waals surface area contributed by atoms with Crippen molar-refractivity contribution in [3.63, 3.8) is 0 Å². The van der Waals surface area contributed by atoms with Gasteiger partial charge in [0.2, 0.25) is 6.41 Å². The largest absolute Gasteiger partial charge is 0.447 e. The molecule has 0 radical (unpaired) electrons. The summed E-state index contributed by atoms with van der Waals surface area (Å²) >= 11 is 6.67. The maximum Gasteiger partial charge on any atom is 0.410 e. The lowest BCUT2D eigenvalue weighted by Gasteiger charge is -2.46. The monoisotopic (exact) mass is 620 g/mol. The second-order valence-corrected chi connectivity index (χ2v) is 12.9. The molecule has 0 bridgehead atoms. The maximum atomic E-state index is 12.7. The summed E-state index contributed by atoms with van der Waals surface area (Å²) in [7, 11) is 0. The summed E-state index contributed by atoms with van der Waals surface area (Å²) in [5, 5.41) is 8.16. The zero-order valence-electron chi connectivity index (χ0n) is 21.9. The molecule has 214 valence electrons. The molecule has 4 aromatic rings. The third kappa shape index (κ3) is 8.68. The van der Waals surface area contributed by atoms with Crippen molar-refractivity contribution in [3.8, 4) is 0 Å². The van der Waals surface area contributed by atoms with E-state index in [4.69, 9.17) is 23.7 Å². The molecule has 2 unspecified atom stereocenters. The average molecular weight is 621 g/mol. The van der Waals surface area contributed by atoms with Gasteiger partial charge in [-0.05, 0) is 45.8 Å². The van der Waals surface area contributed by atoms with Crippen LogP contribution in [0.3, 0.4) is 0 Å². The van der Waals surface area contributed by atoms with Crippen molar-refractivity contribution >= 4 is 51.4 Å². The van der Waals surface area contributed by atoms with Crippen molar-refractivity contribution in [2.75, 3.05) is 39.6 Å². The lowest BCUT2D eigenvalue weighted by molar-refractivity contribution is -0.391. The van der Waals surface area contributed by atoms with Gasteiger partial charge in [-0.3, -0.25) is 4.90 Å². The molecule has 2 atom stereocenters. The van der Waals surface area contributed by atoms with E-state index in [2.05, 4.69) is 33.9 Å². The van der Waals surface area contributed by atoms with E-state index in [-0.39, 0.29) is 25.3 Å². The van der Waals surface area contributed by atoms with Gasteiger partial charge in [0.25, 0.3) is 0 Å². The first-order valence-corrected chi connectivity index (χ1v) is 16.5. The molecule has 5 rings (SSSR count). The van der Waals surface area contributed by atoms with Gasteiger partial charge in [-0.1, -0.05) is 24.3 Å². The number of carbonyl (C=O) groups is 1. The van der Waals surface area contributed by atoms with E-state index in [1.807, 2.05) is 41.1 Å². The summed E-state index contributed by atoms with van der Waals surface area (Å²) in [5.41, 5.74) is 0. The molecule has 1 aliphatic rings. The van der Waals surface area contributed by atoms with Crippen LogP contribution in [0, 0.1) is 0 Å². The molecule has 0 aliphatic carbocycles. The number of hydrogen-bond acceptors (Lipinski definition) is 11. The summed E-state index contributed by atoms with van der Waals surface area (Å²) in [5.74, 6) is 0. The van der Waals surface area contributed by atoms with E-state index in [0.717, 1.165) is 16.3 Å². The van der Waals surface area contributed by atoms with Gasteiger partial charge in [0.1, 0.15) is 6.61 Å². The summed E-state index contributed by atoms with van der Waals surface area (Å²) in [6.45, 7) is 4.05. The molecule has 1 aliphatic heterocycles. The van der Waals surface area contributed by atoms with Crippen LogP contribution in [0.1, 0.15) is 25.7 Å². The Balaban J connectivity index is 0.924. The van der Waals surface area contributed by atoms with Crippen LogP contribution in [0.5, 0.6) is 0 Å². The van der Waals surface area contributed by atoms with Crippen molar-refractivity contribution in [1.29, 1.82) is 0 Å². The van der Waals surface area contributed by atoms with E-state index in [0.29, 0.717) is 46.1 Å².